The number of nitrogens with one attached hydrogen (secondary N) is 1. The highest BCUT2D eigenvalue weighted by atomic mass is 35.5. The number of carbonyl (C=O) groups is 2. The van der Waals surface area contributed by atoms with Crippen molar-refractivity contribution in [3.8, 4) is 0 Å². The molecular formula is C29H40Cl2N2O3. The molecule has 0 saturated heterocycles. The quantitative estimate of drug-likeness (QED) is 0.164. The maximum Gasteiger partial charge on any atom is 0.322 e. The van der Waals surface area contributed by atoms with Gasteiger partial charge in [0, 0.05) is 29.1 Å². The zero-order valence-electron chi connectivity index (χ0n) is 21.7. The van der Waals surface area contributed by atoms with E-state index in [1.807, 2.05) is 18.2 Å². The second-order valence-electron chi connectivity index (χ2n) is 9.25. The van der Waals surface area contributed by atoms with E-state index in [-0.39, 0.29) is 5.91 Å². The Morgan fingerprint density at radius 2 is 1.44 bits per heavy atom. The van der Waals surface area contributed by atoms with Crippen LogP contribution in [0.1, 0.15) is 99.5 Å². The number of benzene rings is 2. The van der Waals surface area contributed by atoms with Crippen LogP contribution in [-0.4, -0.2) is 23.5 Å². The van der Waals surface area contributed by atoms with Crippen LogP contribution < -0.4 is 5.32 Å². The molecule has 0 spiro atoms. The summed E-state index contributed by atoms with van der Waals surface area (Å²) in [6.07, 6.45) is 12.7. The average Bonchev–Trinajstić information content (AvgIpc) is 2.84. The summed E-state index contributed by atoms with van der Waals surface area (Å²) in [5.74, 6) is -0.481. The Balaban J connectivity index is 1.73. The highest BCUT2D eigenvalue weighted by Gasteiger charge is 2.14. The zero-order chi connectivity index (χ0) is 26.2. The average molecular weight is 536 g/mol. The molecule has 1 amide bonds. The predicted molar refractivity (Wildman–Crippen MR) is 148 cm³/mol. The second-order valence-corrected chi connectivity index (χ2v) is 10.1. The van der Waals surface area contributed by atoms with Crippen molar-refractivity contribution in [1.82, 2.24) is 10.4 Å². The molecule has 2 aromatic rings. The van der Waals surface area contributed by atoms with Crippen molar-refractivity contribution in [2.75, 3.05) is 6.54 Å². The molecule has 0 fully saturated rings. The highest BCUT2D eigenvalue weighted by molar-refractivity contribution is 6.35. The fourth-order valence-corrected chi connectivity index (χ4v) is 4.49. The molecule has 0 atom stereocenters. The molecule has 2 aromatic carbocycles. The minimum atomic E-state index is -0.414. The van der Waals surface area contributed by atoms with Gasteiger partial charge in [0.25, 0.3) is 5.91 Å². The number of carbonyl (C=O) groups excluding carboxylic acids is 2. The summed E-state index contributed by atoms with van der Waals surface area (Å²) in [7, 11) is 0. The van der Waals surface area contributed by atoms with Gasteiger partial charge in [-0.3, -0.25) is 9.59 Å². The largest absolute Gasteiger partial charge is 0.368 e. The summed E-state index contributed by atoms with van der Waals surface area (Å²) in [4.78, 5) is 29.4. The zero-order valence-corrected chi connectivity index (χ0v) is 23.2. The van der Waals surface area contributed by atoms with Gasteiger partial charge in [-0.25, -0.2) is 0 Å². The monoisotopic (exact) mass is 534 g/mol. The summed E-state index contributed by atoms with van der Waals surface area (Å²) in [6, 6.07) is 12.5. The van der Waals surface area contributed by atoms with Gasteiger partial charge in [-0.1, -0.05) is 106 Å². The standard InChI is InChI=1S/C29H40Cl2N2O3/c1-3-4-5-6-7-8-9-10-11-12-19-32-29(35)25-15-13-24(14-16-25)21-33(36-23(2)34)22-26-17-18-27(30)20-28(26)31/h13-18,20H,3-12,19,21-22H2,1-2H3,(H,32,35). The van der Waals surface area contributed by atoms with Gasteiger partial charge in [-0.15, -0.1) is 5.06 Å². The van der Waals surface area contributed by atoms with Gasteiger partial charge < -0.3 is 10.2 Å². The van der Waals surface area contributed by atoms with E-state index in [0.717, 1.165) is 24.0 Å². The molecule has 0 unspecified atom stereocenters. The third-order valence-corrected chi connectivity index (χ3v) is 6.60. The number of hydrogen-bond donors (Lipinski definition) is 1. The smallest absolute Gasteiger partial charge is 0.322 e. The van der Waals surface area contributed by atoms with E-state index in [0.29, 0.717) is 35.2 Å². The highest BCUT2D eigenvalue weighted by Crippen LogP contribution is 2.23. The Morgan fingerprint density at radius 1 is 0.833 bits per heavy atom. The first-order valence-corrected chi connectivity index (χ1v) is 13.9. The van der Waals surface area contributed by atoms with Gasteiger partial charge in [0.1, 0.15) is 0 Å². The fraction of sp³-hybridized carbons (Fsp3) is 0.517. The molecule has 1 N–H and O–H groups in total. The lowest BCUT2D eigenvalue weighted by Gasteiger charge is -2.21. The number of hydroxylamine groups is 2. The van der Waals surface area contributed by atoms with E-state index in [2.05, 4.69) is 12.2 Å². The third kappa shape index (κ3) is 12.2. The van der Waals surface area contributed by atoms with Gasteiger partial charge in [0.2, 0.25) is 0 Å². The summed E-state index contributed by atoms with van der Waals surface area (Å²) in [5.41, 5.74) is 2.32. The van der Waals surface area contributed by atoms with Gasteiger partial charge >= 0.3 is 5.97 Å². The number of hydrogen-bond acceptors (Lipinski definition) is 4. The summed E-state index contributed by atoms with van der Waals surface area (Å²) in [6.45, 7) is 4.98. The van der Waals surface area contributed by atoms with Crippen LogP contribution in [-0.2, 0) is 22.7 Å². The lowest BCUT2D eigenvalue weighted by Crippen LogP contribution is -2.26. The number of halogens is 2. The molecule has 0 saturated carbocycles. The van der Waals surface area contributed by atoms with Gasteiger partial charge in [-0.2, -0.15) is 0 Å². The van der Waals surface area contributed by atoms with E-state index < -0.39 is 5.97 Å². The van der Waals surface area contributed by atoms with Crippen molar-refractivity contribution in [3.05, 3.63) is 69.2 Å². The molecule has 2 rings (SSSR count). The van der Waals surface area contributed by atoms with E-state index in [1.54, 1.807) is 24.3 Å². The molecule has 0 aliphatic rings. The Kier molecular flexibility index (Phi) is 14.6. The summed E-state index contributed by atoms with van der Waals surface area (Å²) < 4.78 is 0. The number of unbranched alkanes of at least 4 members (excludes halogenated alkanes) is 9. The van der Waals surface area contributed by atoms with Gasteiger partial charge in [-0.05, 0) is 41.8 Å². The first-order chi connectivity index (χ1) is 17.4. The fourth-order valence-electron chi connectivity index (χ4n) is 4.02. The first kappa shape index (κ1) is 30.1. The van der Waals surface area contributed by atoms with Crippen molar-refractivity contribution < 1.29 is 14.4 Å². The molecule has 0 bridgehead atoms. The molecule has 5 nitrogen and oxygen atoms in total. The van der Waals surface area contributed by atoms with Gasteiger partial charge in [0.05, 0.1) is 13.1 Å². The molecule has 36 heavy (non-hydrogen) atoms. The van der Waals surface area contributed by atoms with Crippen molar-refractivity contribution >= 4 is 35.1 Å². The Hall–Kier alpha value is -2.08. The Morgan fingerprint density at radius 3 is 2.03 bits per heavy atom. The molecule has 7 heteroatoms. The number of nitrogens with zero attached hydrogens (tertiary/aromatic N) is 1. The van der Waals surface area contributed by atoms with Crippen LogP contribution in [0.15, 0.2) is 42.5 Å². The lowest BCUT2D eigenvalue weighted by atomic mass is 10.1. The van der Waals surface area contributed by atoms with Crippen LogP contribution in [0.4, 0.5) is 0 Å². The van der Waals surface area contributed by atoms with Gasteiger partial charge in [0.15, 0.2) is 0 Å². The minimum Gasteiger partial charge on any atom is -0.368 e. The predicted octanol–water partition coefficient (Wildman–Crippen LogP) is 8.12. The van der Waals surface area contributed by atoms with E-state index in [1.165, 1.54) is 63.4 Å². The van der Waals surface area contributed by atoms with Crippen LogP contribution in [0.2, 0.25) is 10.0 Å². The molecule has 0 radical (unpaired) electrons. The first-order valence-electron chi connectivity index (χ1n) is 13.1. The molecule has 0 aromatic heterocycles. The van der Waals surface area contributed by atoms with Crippen molar-refractivity contribution in [1.29, 1.82) is 0 Å². The van der Waals surface area contributed by atoms with Crippen LogP contribution in [0, 0.1) is 0 Å². The summed E-state index contributed by atoms with van der Waals surface area (Å²) >= 11 is 12.3. The van der Waals surface area contributed by atoms with Crippen molar-refractivity contribution in [2.45, 2.75) is 91.1 Å². The maximum absolute atomic E-state index is 12.5. The summed E-state index contributed by atoms with van der Waals surface area (Å²) in [5, 5.41) is 5.60. The number of rotatable bonds is 17. The second kappa shape index (κ2) is 17.4. The van der Waals surface area contributed by atoms with Crippen molar-refractivity contribution in [2.24, 2.45) is 0 Å². The molecule has 198 valence electrons. The molecule has 0 aliphatic carbocycles. The molecule has 0 heterocycles. The SMILES string of the molecule is CCCCCCCCCCCCNC(=O)c1ccc(CN(Cc2ccc(Cl)cc2Cl)OC(C)=O)cc1. The third-order valence-electron chi connectivity index (χ3n) is 6.01. The number of amides is 1. The topological polar surface area (TPSA) is 58.6 Å². The Bertz CT molecular complexity index is 935. The van der Waals surface area contributed by atoms with Crippen LogP contribution in [0.5, 0.6) is 0 Å². The van der Waals surface area contributed by atoms with E-state index >= 15 is 0 Å². The van der Waals surface area contributed by atoms with Crippen molar-refractivity contribution in [3.63, 3.8) is 0 Å². The molecular weight excluding hydrogens is 495 g/mol. The maximum atomic E-state index is 12.5. The van der Waals surface area contributed by atoms with Crippen LogP contribution in [0.25, 0.3) is 0 Å². The minimum absolute atomic E-state index is 0.0673. The molecule has 0 aliphatic heterocycles. The van der Waals surface area contributed by atoms with Crippen LogP contribution in [0.3, 0.4) is 0 Å². The lowest BCUT2D eigenvalue weighted by molar-refractivity contribution is -0.194. The Labute approximate surface area is 226 Å². The normalized spacial score (nSPS) is 11.0. The van der Waals surface area contributed by atoms with Crippen LogP contribution >= 0.6 is 23.2 Å². The van der Waals surface area contributed by atoms with E-state index in [4.69, 9.17) is 28.0 Å². The van der Waals surface area contributed by atoms with E-state index in [9.17, 15) is 9.59 Å².